The molecule has 0 aromatic carbocycles. The highest BCUT2D eigenvalue weighted by Crippen LogP contribution is 2.18. The van der Waals surface area contributed by atoms with Crippen LogP contribution in [0.1, 0.15) is 26.7 Å². The highest BCUT2D eigenvalue weighted by Gasteiger charge is 2.25. The van der Waals surface area contributed by atoms with Crippen LogP contribution in [0.2, 0.25) is 0 Å². The molecule has 0 bridgehead atoms. The van der Waals surface area contributed by atoms with Gasteiger partial charge in [0.15, 0.2) is 0 Å². The number of nitrogens with one attached hydrogen (secondary N) is 2. The van der Waals surface area contributed by atoms with Crippen LogP contribution in [-0.4, -0.2) is 30.6 Å². The Morgan fingerprint density at radius 3 is 2.62 bits per heavy atom. The molecule has 4 nitrogen and oxygen atoms in total. The summed E-state index contributed by atoms with van der Waals surface area (Å²) in [7, 11) is 0. The van der Waals surface area contributed by atoms with E-state index in [-0.39, 0.29) is 18.0 Å². The number of hydrogen-bond donors (Lipinski definition) is 3. The predicted octanol–water partition coefficient (Wildman–Crippen LogP) is -0.410. The maximum absolute atomic E-state index is 11.4. The van der Waals surface area contributed by atoms with Gasteiger partial charge in [0.25, 0.3) is 0 Å². The van der Waals surface area contributed by atoms with Crippen LogP contribution in [0.25, 0.3) is 0 Å². The zero-order valence-electron chi connectivity index (χ0n) is 8.34. The van der Waals surface area contributed by atoms with Crippen LogP contribution in [0.15, 0.2) is 0 Å². The Morgan fingerprint density at radius 1 is 1.54 bits per heavy atom. The summed E-state index contributed by atoms with van der Waals surface area (Å²) in [5.74, 6) is 0.0859. The Bertz CT molecular complexity index is 180. The smallest absolute Gasteiger partial charge is 0.237 e. The van der Waals surface area contributed by atoms with Crippen molar-refractivity contribution >= 4 is 5.91 Å². The maximum Gasteiger partial charge on any atom is 0.237 e. The van der Waals surface area contributed by atoms with E-state index in [1.54, 1.807) is 0 Å². The first-order valence-corrected chi connectivity index (χ1v) is 4.90. The molecule has 0 heterocycles. The highest BCUT2D eigenvalue weighted by atomic mass is 16.2. The third kappa shape index (κ3) is 3.74. The Hall–Kier alpha value is -0.610. The molecule has 2 atom stereocenters. The van der Waals surface area contributed by atoms with Crippen molar-refractivity contribution in [3.8, 4) is 0 Å². The molecule has 1 saturated carbocycles. The molecule has 4 N–H and O–H groups in total. The van der Waals surface area contributed by atoms with Gasteiger partial charge >= 0.3 is 0 Å². The van der Waals surface area contributed by atoms with E-state index in [1.807, 2.05) is 13.8 Å². The predicted molar refractivity (Wildman–Crippen MR) is 52.3 cm³/mol. The zero-order chi connectivity index (χ0) is 9.84. The van der Waals surface area contributed by atoms with Gasteiger partial charge in [-0.05, 0) is 26.7 Å². The second kappa shape index (κ2) is 4.58. The quantitative estimate of drug-likeness (QED) is 0.545. The van der Waals surface area contributed by atoms with Gasteiger partial charge in [-0.25, -0.2) is 0 Å². The normalized spacial score (nSPS) is 20.8. The minimum Gasteiger partial charge on any atom is -0.352 e. The fourth-order valence-electron chi connectivity index (χ4n) is 1.12. The van der Waals surface area contributed by atoms with E-state index in [1.165, 1.54) is 0 Å². The van der Waals surface area contributed by atoms with E-state index < -0.39 is 0 Å². The lowest BCUT2D eigenvalue weighted by Gasteiger charge is -2.17. The molecule has 1 fully saturated rings. The van der Waals surface area contributed by atoms with Gasteiger partial charge in [0.2, 0.25) is 5.91 Å². The molecule has 13 heavy (non-hydrogen) atoms. The first kappa shape index (κ1) is 10.5. The van der Waals surface area contributed by atoms with Gasteiger partial charge in [-0.3, -0.25) is 4.79 Å². The van der Waals surface area contributed by atoms with E-state index in [9.17, 15) is 4.79 Å². The van der Waals surface area contributed by atoms with Crippen LogP contribution in [0.3, 0.4) is 0 Å². The van der Waals surface area contributed by atoms with Gasteiger partial charge in [-0.15, -0.1) is 0 Å². The van der Waals surface area contributed by atoms with Crippen LogP contribution >= 0.6 is 0 Å². The van der Waals surface area contributed by atoms with Crippen molar-refractivity contribution in [1.82, 2.24) is 10.6 Å². The second-order valence-electron chi connectivity index (χ2n) is 3.81. The molecule has 4 heteroatoms. The number of carbonyl (C=O) groups is 1. The fraction of sp³-hybridized carbons (Fsp3) is 0.889. The van der Waals surface area contributed by atoms with Gasteiger partial charge in [0.1, 0.15) is 0 Å². The molecule has 1 amide bonds. The summed E-state index contributed by atoms with van der Waals surface area (Å²) in [6.07, 6.45) is 2.26. The van der Waals surface area contributed by atoms with Gasteiger partial charge in [-0.1, -0.05) is 0 Å². The number of rotatable bonds is 5. The Labute approximate surface area is 79.3 Å². The highest BCUT2D eigenvalue weighted by molar-refractivity contribution is 5.81. The average Bonchev–Trinajstić information content (AvgIpc) is 2.87. The molecule has 1 aliphatic carbocycles. The van der Waals surface area contributed by atoms with Crippen molar-refractivity contribution < 1.29 is 4.79 Å². The molecule has 2 unspecified atom stereocenters. The topological polar surface area (TPSA) is 67.1 Å². The summed E-state index contributed by atoms with van der Waals surface area (Å²) in [5.41, 5.74) is 5.44. The van der Waals surface area contributed by atoms with Crippen molar-refractivity contribution in [2.75, 3.05) is 6.54 Å². The second-order valence-corrected chi connectivity index (χ2v) is 3.81. The molecular weight excluding hydrogens is 166 g/mol. The van der Waals surface area contributed by atoms with Crippen LogP contribution in [0.4, 0.5) is 0 Å². The van der Waals surface area contributed by atoms with Crippen molar-refractivity contribution in [2.45, 2.75) is 44.8 Å². The van der Waals surface area contributed by atoms with Crippen molar-refractivity contribution in [3.05, 3.63) is 0 Å². The standard InChI is InChI=1S/C9H19N3O/c1-6(5-10)11-7(2)9(13)12-8-3-4-8/h6-8,11H,3-5,10H2,1-2H3,(H,12,13). The van der Waals surface area contributed by atoms with Crippen LogP contribution in [-0.2, 0) is 4.79 Å². The minimum absolute atomic E-state index is 0.0859. The minimum atomic E-state index is -0.140. The molecule has 0 aromatic rings. The maximum atomic E-state index is 11.4. The molecule has 1 rings (SSSR count). The molecule has 0 aromatic heterocycles. The van der Waals surface area contributed by atoms with Gasteiger partial charge < -0.3 is 16.4 Å². The molecular formula is C9H19N3O. The zero-order valence-corrected chi connectivity index (χ0v) is 8.34. The first-order valence-electron chi connectivity index (χ1n) is 4.90. The summed E-state index contributed by atoms with van der Waals surface area (Å²) < 4.78 is 0. The van der Waals surface area contributed by atoms with E-state index in [0.717, 1.165) is 12.8 Å². The summed E-state index contributed by atoms with van der Waals surface area (Å²) in [6, 6.07) is 0.490. The van der Waals surface area contributed by atoms with E-state index in [4.69, 9.17) is 5.73 Å². The first-order chi connectivity index (χ1) is 6.13. The average molecular weight is 185 g/mol. The van der Waals surface area contributed by atoms with E-state index in [0.29, 0.717) is 12.6 Å². The van der Waals surface area contributed by atoms with Crippen molar-refractivity contribution in [2.24, 2.45) is 5.73 Å². The molecule has 1 aliphatic rings. The SMILES string of the molecule is CC(CN)NC(C)C(=O)NC1CC1. The Balaban J connectivity index is 2.19. The van der Waals surface area contributed by atoms with Crippen LogP contribution in [0.5, 0.6) is 0 Å². The summed E-state index contributed by atoms with van der Waals surface area (Å²) in [6.45, 7) is 4.39. The van der Waals surface area contributed by atoms with Gasteiger partial charge in [0.05, 0.1) is 6.04 Å². The number of nitrogens with two attached hydrogens (primary N) is 1. The van der Waals surface area contributed by atoms with Crippen LogP contribution < -0.4 is 16.4 Å². The molecule has 76 valence electrons. The third-order valence-electron chi connectivity index (χ3n) is 2.21. The largest absolute Gasteiger partial charge is 0.352 e. The lowest BCUT2D eigenvalue weighted by atomic mass is 10.2. The van der Waals surface area contributed by atoms with E-state index >= 15 is 0 Å². The summed E-state index contributed by atoms with van der Waals surface area (Å²) in [4.78, 5) is 11.4. The molecule has 0 radical (unpaired) electrons. The van der Waals surface area contributed by atoms with Gasteiger partial charge in [0, 0.05) is 18.6 Å². The Morgan fingerprint density at radius 2 is 2.15 bits per heavy atom. The number of carbonyl (C=O) groups excluding carboxylic acids is 1. The number of hydrogen-bond acceptors (Lipinski definition) is 3. The monoisotopic (exact) mass is 185 g/mol. The molecule has 0 spiro atoms. The fourth-order valence-corrected chi connectivity index (χ4v) is 1.12. The van der Waals surface area contributed by atoms with Crippen molar-refractivity contribution in [1.29, 1.82) is 0 Å². The third-order valence-corrected chi connectivity index (χ3v) is 2.21. The Kier molecular flexibility index (Phi) is 3.69. The summed E-state index contributed by atoms with van der Waals surface area (Å²) in [5, 5.41) is 6.07. The van der Waals surface area contributed by atoms with Crippen LogP contribution in [0, 0.1) is 0 Å². The molecule has 0 saturated heterocycles. The van der Waals surface area contributed by atoms with Gasteiger partial charge in [-0.2, -0.15) is 0 Å². The number of amides is 1. The summed E-state index contributed by atoms with van der Waals surface area (Å²) >= 11 is 0. The lowest BCUT2D eigenvalue weighted by Crippen LogP contribution is -2.48. The van der Waals surface area contributed by atoms with Crippen molar-refractivity contribution in [3.63, 3.8) is 0 Å². The molecule has 0 aliphatic heterocycles. The van der Waals surface area contributed by atoms with E-state index in [2.05, 4.69) is 10.6 Å². The lowest BCUT2D eigenvalue weighted by molar-refractivity contribution is -0.123.